The molecule has 17 heteroatoms. The third-order valence-electron chi connectivity index (χ3n) is 6.68. The predicted molar refractivity (Wildman–Crippen MR) is 134 cm³/mol. The number of piperazine rings is 1. The normalized spacial score (nSPS) is 26.1. The van der Waals surface area contributed by atoms with Crippen molar-refractivity contribution >= 4 is 65.1 Å². The number of nitrogens with zero attached hydrogens (tertiary/aromatic N) is 3. The van der Waals surface area contributed by atoms with E-state index in [1.807, 2.05) is 0 Å². The van der Waals surface area contributed by atoms with Crippen LogP contribution < -0.4 is 45.5 Å². The van der Waals surface area contributed by atoms with Crippen molar-refractivity contribution in [3.63, 3.8) is 0 Å². The SMILES string of the molecule is CCN1CCN(C(=O)NC(C(=O)N[C@]2(NC=O)C(=O)N3[C@@H](C(=O)O)C(C)(C)S[C@@H]32)c2cccs2)C(=O)C1=O.[H-].[Na+]. The van der Waals surface area contributed by atoms with Gasteiger partial charge in [-0.3, -0.25) is 28.9 Å². The van der Waals surface area contributed by atoms with E-state index in [1.54, 1.807) is 38.3 Å². The summed E-state index contributed by atoms with van der Waals surface area (Å²) in [5.41, 5.74) is -1.95. The maximum atomic E-state index is 13.5. The number of carbonyl (C=O) groups is 7. The molecule has 1 unspecified atom stereocenters. The monoisotopic (exact) mass is 590 g/mol. The molecule has 1 aromatic heterocycles. The standard InChI is InChI=1S/C22H26N6O8S2.Na.H/c1-4-26-7-8-27(16(32)15(26)31)20(36)24-12(11-6-5-9-37-11)14(30)25-22(23-10-29)18(35)28-13(17(33)34)21(2,3)38-19(22)28;;/h5-6,9-10,12-13,19H,4,7-8H2,1-3H3,(H,23,29)(H,24,36)(H,25,30)(H,33,34);;/q;+1;-1/t12?,13-,19+,22+;;/m0../s1. The molecule has 3 fully saturated rings. The molecule has 4 N–H and O–H groups in total. The number of urea groups is 1. The van der Waals surface area contributed by atoms with E-state index in [1.165, 1.54) is 4.90 Å². The molecular formula is C22H27N6NaO8S2. The first-order valence-corrected chi connectivity index (χ1v) is 13.4. The zero-order chi connectivity index (χ0) is 28.0. The Bertz CT molecular complexity index is 1220. The zero-order valence-electron chi connectivity index (χ0n) is 22.6. The number of thioether (sulfide) groups is 1. The van der Waals surface area contributed by atoms with Gasteiger partial charge in [0.05, 0.1) is 0 Å². The van der Waals surface area contributed by atoms with Gasteiger partial charge in [-0.25, -0.2) is 9.59 Å². The quantitative estimate of drug-likeness (QED) is 0.0770. The molecule has 0 radical (unpaired) electrons. The number of imide groups is 1. The molecule has 1 aromatic rings. The molecule has 3 aliphatic heterocycles. The van der Waals surface area contributed by atoms with Crippen LogP contribution in [0.25, 0.3) is 0 Å². The van der Waals surface area contributed by atoms with Gasteiger partial charge < -0.3 is 32.3 Å². The molecule has 0 aliphatic carbocycles. The van der Waals surface area contributed by atoms with Gasteiger partial charge in [-0.05, 0) is 32.2 Å². The number of hydrogen-bond acceptors (Lipinski definition) is 9. The Morgan fingerprint density at radius 3 is 2.49 bits per heavy atom. The van der Waals surface area contributed by atoms with Crippen LogP contribution in [0, 0.1) is 0 Å². The summed E-state index contributed by atoms with van der Waals surface area (Å²) in [5, 5.41) is 17.7. The van der Waals surface area contributed by atoms with Crippen LogP contribution in [0.2, 0.25) is 0 Å². The summed E-state index contributed by atoms with van der Waals surface area (Å²) >= 11 is 2.22. The molecule has 4 heterocycles. The fourth-order valence-electron chi connectivity index (χ4n) is 4.80. The molecule has 206 valence electrons. The zero-order valence-corrected chi connectivity index (χ0v) is 25.3. The maximum Gasteiger partial charge on any atom is 1.00 e. The van der Waals surface area contributed by atoms with Gasteiger partial charge in [-0.15, -0.1) is 23.1 Å². The van der Waals surface area contributed by atoms with Crippen LogP contribution in [0.3, 0.4) is 0 Å². The first kappa shape index (κ1) is 30.9. The Hall–Kier alpha value is -2.66. The van der Waals surface area contributed by atoms with Gasteiger partial charge in [0, 0.05) is 29.3 Å². The van der Waals surface area contributed by atoms with E-state index in [-0.39, 0.29) is 50.5 Å². The fourth-order valence-corrected chi connectivity index (χ4v) is 7.22. The smallest absolute Gasteiger partial charge is 1.00 e. The van der Waals surface area contributed by atoms with Crippen molar-refractivity contribution in [2.75, 3.05) is 19.6 Å². The summed E-state index contributed by atoms with van der Waals surface area (Å²) in [6.45, 7) is 5.35. The van der Waals surface area contributed by atoms with E-state index in [2.05, 4.69) is 16.0 Å². The summed E-state index contributed by atoms with van der Waals surface area (Å²) < 4.78 is -0.932. The molecule has 39 heavy (non-hydrogen) atoms. The Morgan fingerprint density at radius 1 is 1.23 bits per heavy atom. The molecule has 3 aliphatic rings. The van der Waals surface area contributed by atoms with Crippen molar-refractivity contribution in [1.29, 1.82) is 0 Å². The number of carboxylic acid groups (broad SMARTS) is 1. The van der Waals surface area contributed by atoms with E-state index < -0.39 is 63.5 Å². The summed E-state index contributed by atoms with van der Waals surface area (Å²) in [4.78, 5) is 91.4. The minimum Gasteiger partial charge on any atom is -1.00 e. The van der Waals surface area contributed by atoms with Gasteiger partial charge >= 0.3 is 53.4 Å². The number of carbonyl (C=O) groups excluding carboxylic acids is 6. The van der Waals surface area contributed by atoms with Crippen LogP contribution in [-0.4, -0.2) is 103 Å². The van der Waals surface area contributed by atoms with Crippen molar-refractivity contribution < 1.29 is 69.7 Å². The number of amides is 7. The molecule has 4 atom stereocenters. The van der Waals surface area contributed by atoms with Crippen molar-refractivity contribution in [2.45, 2.75) is 48.6 Å². The fraction of sp³-hybridized carbons (Fsp3) is 0.500. The van der Waals surface area contributed by atoms with Gasteiger partial charge in [0.2, 0.25) is 18.0 Å². The third kappa shape index (κ3) is 5.15. The number of nitrogens with one attached hydrogen (secondary N) is 3. The van der Waals surface area contributed by atoms with E-state index >= 15 is 0 Å². The number of rotatable bonds is 8. The summed E-state index contributed by atoms with van der Waals surface area (Å²) in [6.07, 6.45) is 0.230. The third-order valence-corrected chi connectivity index (χ3v) is 9.25. The number of fused-ring (bicyclic) bond motifs is 1. The van der Waals surface area contributed by atoms with Crippen LogP contribution in [-0.2, 0) is 28.8 Å². The van der Waals surface area contributed by atoms with Crippen LogP contribution in [0.4, 0.5) is 4.79 Å². The van der Waals surface area contributed by atoms with Gasteiger partial charge in [-0.1, -0.05) is 6.07 Å². The van der Waals surface area contributed by atoms with Crippen molar-refractivity contribution in [3.8, 4) is 0 Å². The largest absolute Gasteiger partial charge is 1.00 e. The predicted octanol–water partition coefficient (Wildman–Crippen LogP) is -3.99. The molecule has 0 saturated carbocycles. The van der Waals surface area contributed by atoms with Gasteiger partial charge in [-0.2, -0.15) is 0 Å². The van der Waals surface area contributed by atoms with E-state index in [0.29, 0.717) is 16.3 Å². The maximum absolute atomic E-state index is 13.5. The number of thiophene rings is 1. The van der Waals surface area contributed by atoms with E-state index in [9.17, 15) is 38.7 Å². The Balaban J connectivity index is 0.00000280. The second kappa shape index (κ2) is 11.4. The van der Waals surface area contributed by atoms with Crippen molar-refractivity contribution in [3.05, 3.63) is 22.4 Å². The van der Waals surface area contributed by atoms with Gasteiger partial charge in [0.1, 0.15) is 17.5 Å². The molecular weight excluding hydrogens is 563 g/mol. The van der Waals surface area contributed by atoms with E-state index in [4.69, 9.17) is 0 Å². The number of β-lactam (4-membered cyclic amide) rings is 1. The molecule has 3 saturated heterocycles. The van der Waals surface area contributed by atoms with Crippen LogP contribution in [0.1, 0.15) is 33.1 Å². The summed E-state index contributed by atoms with van der Waals surface area (Å²) in [7, 11) is 0. The Morgan fingerprint density at radius 2 is 1.92 bits per heavy atom. The Kier molecular flexibility index (Phi) is 9.06. The Labute approximate surface area is 254 Å². The van der Waals surface area contributed by atoms with Crippen molar-refractivity contribution in [1.82, 2.24) is 30.7 Å². The minimum absolute atomic E-state index is 0. The minimum atomic E-state index is -1.95. The number of hydrogen-bond donors (Lipinski definition) is 4. The summed E-state index contributed by atoms with van der Waals surface area (Å²) in [5.74, 6) is -4.80. The number of likely N-dealkylation sites (N-methyl/N-ethyl adjacent to an activating group) is 1. The topological polar surface area (TPSA) is 186 Å². The van der Waals surface area contributed by atoms with E-state index in [0.717, 1.165) is 28.0 Å². The second-order valence-corrected chi connectivity index (χ2v) is 12.0. The average molecular weight is 591 g/mol. The van der Waals surface area contributed by atoms with Crippen LogP contribution in [0.5, 0.6) is 0 Å². The van der Waals surface area contributed by atoms with Crippen LogP contribution >= 0.6 is 23.1 Å². The molecule has 0 bridgehead atoms. The first-order chi connectivity index (χ1) is 17.9. The number of carboxylic acids is 1. The molecule has 14 nitrogen and oxygen atoms in total. The molecule has 0 spiro atoms. The second-order valence-electron chi connectivity index (χ2n) is 9.33. The molecule has 0 aromatic carbocycles. The molecule has 7 amide bonds. The molecule has 4 rings (SSSR count). The average Bonchev–Trinajstić information content (AvgIpc) is 3.48. The number of aliphatic carboxylic acids is 1. The first-order valence-electron chi connectivity index (χ1n) is 11.6. The van der Waals surface area contributed by atoms with Gasteiger partial charge in [0.15, 0.2) is 0 Å². The van der Waals surface area contributed by atoms with Crippen LogP contribution in [0.15, 0.2) is 17.5 Å². The van der Waals surface area contributed by atoms with Gasteiger partial charge in [0.25, 0.3) is 5.91 Å². The summed E-state index contributed by atoms with van der Waals surface area (Å²) in [6, 6.07) is -0.379. The van der Waals surface area contributed by atoms with Crippen molar-refractivity contribution in [2.24, 2.45) is 0 Å².